The summed E-state index contributed by atoms with van der Waals surface area (Å²) in [6.07, 6.45) is 6.01. The first kappa shape index (κ1) is 21.5. The fourth-order valence-corrected chi connectivity index (χ4v) is 3.53. The van der Waals surface area contributed by atoms with Gasteiger partial charge in [-0.3, -0.25) is 9.78 Å². The van der Waals surface area contributed by atoms with E-state index in [-0.39, 0.29) is 5.78 Å². The zero-order chi connectivity index (χ0) is 22.3. The molecule has 0 unspecified atom stereocenters. The average molecular weight is 426 g/mol. The van der Waals surface area contributed by atoms with E-state index in [0.29, 0.717) is 24.5 Å². The van der Waals surface area contributed by atoms with Crippen LogP contribution >= 0.6 is 0 Å². The largest absolute Gasteiger partial charge is 0.478 e. The average Bonchev–Trinajstić information content (AvgIpc) is 2.85. The number of para-hydroxylation sites is 1. The summed E-state index contributed by atoms with van der Waals surface area (Å²) in [5.41, 5.74) is 5.11. The van der Waals surface area contributed by atoms with E-state index in [1.54, 1.807) is 6.20 Å². The van der Waals surface area contributed by atoms with Crippen molar-refractivity contribution >= 4 is 28.1 Å². The molecule has 5 heteroatoms. The number of Topliss-reactive ketones (excluding diaryl/α,β-unsaturated/α-hetero) is 1. The number of benzene rings is 2. The van der Waals surface area contributed by atoms with Crippen LogP contribution < -0.4 is 10.1 Å². The summed E-state index contributed by atoms with van der Waals surface area (Å²) in [6.45, 7) is 4.67. The van der Waals surface area contributed by atoms with E-state index in [1.165, 1.54) is 0 Å². The zero-order valence-corrected chi connectivity index (χ0v) is 18.5. The first-order chi connectivity index (χ1) is 15.7. The van der Waals surface area contributed by atoms with E-state index in [2.05, 4.69) is 28.3 Å². The highest BCUT2D eigenvalue weighted by atomic mass is 16.5. The molecule has 1 N–H and O–H groups in total. The van der Waals surface area contributed by atoms with Crippen LogP contribution in [-0.2, 0) is 0 Å². The molecule has 0 aliphatic heterocycles. The van der Waals surface area contributed by atoms with E-state index in [0.717, 1.165) is 46.2 Å². The number of aromatic nitrogens is 2. The molecule has 0 spiro atoms. The molecule has 0 aliphatic rings. The van der Waals surface area contributed by atoms with Crippen molar-refractivity contribution in [1.82, 2.24) is 9.97 Å². The quantitative estimate of drug-likeness (QED) is 0.236. The van der Waals surface area contributed by atoms with Gasteiger partial charge in [-0.05, 0) is 42.3 Å². The molecule has 0 radical (unpaired) electrons. The van der Waals surface area contributed by atoms with Gasteiger partial charge in [0.25, 0.3) is 0 Å². The van der Waals surface area contributed by atoms with Crippen molar-refractivity contribution in [2.45, 2.75) is 33.1 Å². The predicted molar refractivity (Wildman–Crippen MR) is 130 cm³/mol. The van der Waals surface area contributed by atoms with Crippen molar-refractivity contribution in [2.24, 2.45) is 0 Å². The number of ether oxygens (including phenoxy) is 1. The lowest BCUT2D eigenvalue weighted by atomic mass is 10.00. The number of nitrogens with one attached hydrogen (secondary N) is 1. The second kappa shape index (κ2) is 10.1. The highest BCUT2D eigenvalue weighted by Crippen LogP contribution is 2.33. The van der Waals surface area contributed by atoms with E-state index in [1.807, 2.05) is 67.7 Å². The van der Waals surface area contributed by atoms with Gasteiger partial charge in [0.1, 0.15) is 0 Å². The van der Waals surface area contributed by atoms with Crippen LogP contribution in [-0.4, -0.2) is 22.4 Å². The first-order valence-corrected chi connectivity index (χ1v) is 11.1. The van der Waals surface area contributed by atoms with Gasteiger partial charge in [-0.25, -0.2) is 4.98 Å². The molecular formula is C27H27N3O2. The minimum atomic E-state index is 0.0541. The molecule has 4 rings (SSSR count). The van der Waals surface area contributed by atoms with Gasteiger partial charge in [-0.2, -0.15) is 0 Å². The van der Waals surface area contributed by atoms with Gasteiger partial charge < -0.3 is 10.1 Å². The molecule has 2 aromatic heterocycles. The number of nitrogens with zero attached hydrogens (tertiary/aromatic N) is 2. The summed E-state index contributed by atoms with van der Waals surface area (Å²) in [4.78, 5) is 21.7. The van der Waals surface area contributed by atoms with Gasteiger partial charge in [0.05, 0.1) is 23.4 Å². The third-order valence-corrected chi connectivity index (χ3v) is 5.35. The molecule has 5 nitrogen and oxygen atoms in total. The third-order valence-electron chi connectivity index (χ3n) is 5.35. The van der Waals surface area contributed by atoms with Crippen LogP contribution in [0.4, 0.5) is 11.4 Å². The molecule has 2 heterocycles. The summed E-state index contributed by atoms with van der Waals surface area (Å²) in [6, 6.07) is 19.8. The predicted octanol–water partition coefficient (Wildman–Crippen LogP) is 6.81. The number of carbonyl (C=O) groups is 1. The summed E-state index contributed by atoms with van der Waals surface area (Å²) in [7, 11) is 0. The van der Waals surface area contributed by atoms with Crippen molar-refractivity contribution < 1.29 is 9.53 Å². The second-order valence-corrected chi connectivity index (χ2v) is 7.63. The van der Waals surface area contributed by atoms with Gasteiger partial charge >= 0.3 is 0 Å². The standard InChI is InChI=1S/C27H27N3O2/c1-3-5-15-32-26-14-12-20(17-29-26)19-11-13-24-22(16-19)27(23(18-28-24)25(31)4-2)30-21-9-7-6-8-10-21/h6-14,16-18H,3-5,15H2,1-2H3,(H,28,30). The molecule has 0 amide bonds. The number of fused-ring (bicyclic) bond motifs is 1. The molecule has 0 saturated carbocycles. The van der Waals surface area contributed by atoms with Gasteiger partial charge in [-0.15, -0.1) is 0 Å². The van der Waals surface area contributed by atoms with Crippen LogP contribution in [0.1, 0.15) is 43.5 Å². The lowest BCUT2D eigenvalue weighted by Crippen LogP contribution is -2.05. The monoisotopic (exact) mass is 425 g/mol. The molecule has 162 valence electrons. The Morgan fingerprint density at radius 2 is 1.75 bits per heavy atom. The Balaban J connectivity index is 1.74. The molecule has 0 saturated heterocycles. The Kier molecular flexibility index (Phi) is 6.75. The Hall–Kier alpha value is -3.73. The van der Waals surface area contributed by atoms with Crippen molar-refractivity contribution in [2.75, 3.05) is 11.9 Å². The van der Waals surface area contributed by atoms with E-state index < -0.39 is 0 Å². The van der Waals surface area contributed by atoms with Crippen LogP contribution in [0.15, 0.2) is 73.1 Å². The SMILES string of the molecule is CCCCOc1ccc(-c2ccc3ncc(C(=O)CC)c(Nc4ccccc4)c3c2)cn1. The molecule has 32 heavy (non-hydrogen) atoms. The zero-order valence-electron chi connectivity index (χ0n) is 18.5. The maximum Gasteiger partial charge on any atom is 0.213 e. The molecule has 0 aliphatic carbocycles. The highest BCUT2D eigenvalue weighted by molar-refractivity contribution is 6.09. The number of ketones is 1. The van der Waals surface area contributed by atoms with Crippen LogP contribution in [0, 0.1) is 0 Å². The maximum absolute atomic E-state index is 12.7. The van der Waals surface area contributed by atoms with Gasteiger partial charge in [0.2, 0.25) is 5.88 Å². The number of hydrogen-bond acceptors (Lipinski definition) is 5. The van der Waals surface area contributed by atoms with E-state index in [4.69, 9.17) is 4.74 Å². The van der Waals surface area contributed by atoms with Crippen molar-refractivity contribution in [1.29, 1.82) is 0 Å². The molecule has 2 aromatic carbocycles. The van der Waals surface area contributed by atoms with Crippen molar-refractivity contribution in [3.63, 3.8) is 0 Å². The van der Waals surface area contributed by atoms with Gasteiger partial charge in [0.15, 0.2) is 5.78 Å². The molecule has 4 aromatic rings. The summed E-state index contributed by atoms with van der Waals surface area (Å²) in [5.74, 6) is 0.686. The lowest BCUT2D eigenvalue weighted by molar-refractivity contribution is 0.0989. The number of anilines is 2. The number of hydrogen-bond donors (Lipinski definition) is 1. The van der Waals surface area contributed by atoms with E-state index in [9.17, 15) is 4.79 Å². The smallest absolute Gasteiger partial charge is 0.213 e. The van der Waals surface area contributed by atoms with Crippen molar-refractivity contribution in [3.8, 4) is 17.0 Å². The number of carbonyl (C=O) groups excluding carboxylic acids is 1. The number of rotatable bonds is 9. The Morgan fingerprint density at radius 1 is 0.938 bits per heavy atom. The topological polar surface area (TPSA) is 64.1 Å². The van der Waals surface area contributed by atoms with Crippen molar-refractivity contribution in [3.05, 3.63) is 78.6 Å². The summed E-state index contributed by atoms with van der Waals surface area (Å²) in [5, 5.41) is 4.35. The molecule has 0 bridgehead atoms. The Labute approximate surface area is 188 Å². The Bertz CT molecular complexity index is 1200. The number of unbranched alkanes of at least 4 members (excludes halogenated alkanes) is 1. The fourth-order valence-electron chi connectivity index (χ4n) is 3.53. The normalized spacial score (nSPS) is 10.8. The molecule has 0 atom stereocenters. The maximum atomic E-state index is 12.7. The molecular weight excluding hydrogens is 398 g/mol. The van der Waals surface area contributed by atoms with Gasteiger partial charge in [-0.1, -0.05) is 44.5 Å². The highest BCUT2D eigenvalue weighted by Gasteiger charge is 2.15. The first-order valence-electron chi connectivity index (χ1n) is 11.1. The van der Waals surface area contributed by atoms with Crippen LogP contribution in [0.5, 0.6) is 5.88 Å². The number of pyridine rings is 2. The third kappa shape index (κ3) is 4.78. The summed E-state index contributed by atoms with van der Waals surface area (Å²) < 4.78 is 5.68. The van der Waals surface area contributed by atoms with Crippen LogP contribution in [0.2, 0.25) is 0 Å². The molecule has 0 fully saturated rings. The summed E-state index contributed by atoms with van der Waals surface area (Å²) >= 11 is 0. The van der Waals surface area contributed by atoms with Crippen LogP contribution in [0.25, 0.3) is 22.0 Å². The van der Waals surface area contributed by atoms with Crippen LogP contribution in [0.3, 0.4) is 0 Å². The minimum Gasteiger partial charge on any atom is -0.478 e. The van der Waals surface area contributed by atoms with E-state index >= 15 is 0 Å². The Morgan fingerprint density at radius 3 is 2.47 bits per heavy atom. The van der Waals surface area contributed by atoms with Gasteiger partial charge in [0, 0.05) is 41.5 Å². The fraction of sp³-hybridized carbons (Fsp3) is 0.222. The lowest BCUT2D eigenvalue weighted by Gasteiger charge is -2.15. The second-order valence-electron chi connectivity index (χ2n) is 7.63. The minimum absolute atomic E-state index is 0.0541.